The highest BCUT2D eigenvalue weighted by molar-refractivity contribution is 5.98. The zero-order chi connectivity index (χ0) is 17.7. The van der Waals surface area contributed by atoms with Gasteiger partial charge < -0.3 is 9.30 Å². The molecular formula is C20H24N2O2. The van der Waals surface area contributed by atoms with E-state index in [1.165, 1.54) is 0 Å². The molecule has 0 amide bonds. The van der Waals surface area contributed by atoms with E-state index in [4.69, 9.17) is 10.00 Å². The summed E-state index contributed by atoms with van der Waals surface area (Å²) in [5.41, 5.74) is 3.21. The molecule has 0 aliphatic carbocycles. The minimum Gasteiger partial charge on any atom is -0.484 e. The van der Waals surface area contributed by atoms with E-state index in [-0.39, 0.29) is 12.4 Å². The van der Waals surface area contributed by atoms with Crippen molar-refractivity contribution < 1.29 is 9.53 Å². The van der Waals surface area contributed by atoms with E-state index in [0.29, 0.717) is 22.8 Å². The molecule has 0 aliphatic rings. The van der Waals surface area contributed by atoms with Crippen molar-refractivity contribution in [2.24, 2.45) is 5.92 Å². The third-order valence-electron chi connectivity index (χ3n) is 4.17. The van der Waals surface area contributed by atoms with E-state index in [1.54, 1.807) is 24.3 Å². The highest BCUT2D eigenvalue weighted by atomic mass is 16.5. The van der Waals surface area contributed by atoms with Crippen molar-refractivity contribution in [3.05, 3.63) is 52.8 Å². The first kappa shape index (κ1) is 17.8. The Balaban J connectivity index is 2.10. The normalized spacial score (nSPS) is 10.7. The second kappa shape index (κ2) is 7.83. The molecule has 1 aromatic heterocycles. The van der Waals surface area contributed by atoms with Crippen LogP contribution in [0.1, 0.15) is 47.6 Å². The summed E-state index contributed by atoms with van der Waals surface area (Å²) in [6.45, 7) is 9.25. The Bertz CT molecular complexity index is 766. The van der Waals surface area contributed by atoms with Gasteiger partial charge in [-0.25, -0.2) is 0 Å². The Morgan fingerprint density at radius 1 is 1.29 bits per heavy atom. The minimum atomic E-state index is -0.0633. The summed E-state index contributed by atoms with van der Waals surface area (Å²) < 4.78 is 7.76. The first-order valence-corrected chi connectivity index (χ1v) is 8.26. The van der Waals surface area contributed by atoms with Gasteiger partial charge in [0, 0.05) is 23.5 Å². The number of hydrogen-bond acceptors (Lipinski definition) is 3. The second-order valence-electron chi connectivity index (χ2n) is 6.44. The van der Waals surface area contributed by atoms with Gasteiger partial charge in [0.15, 0.2) is 6.61 Å². The number of aromatic nitrogens is 1. The second-order valence-corrected chi connectivity index (χ2v) is 6.44. The molecule has 0 radical (unpaired) electrons. The van der Waals surface area contributed by atoms with Crippen LogP contribution in [0.15, 0.2) is 30.3 Å². The molecule has 126 valence electrons. The van der Waals surface area contributed by atoms with E-state index >= 15 is 0 Å². The largest absolute Gasteiger partial charge is 0.484 e. The fourth-order valence-electron chi connectivity index (χ4n) is 2.72. The van der Waals surface area contributed by atoms with Crippen LogP contribution in [0.25, 0.3) is 0 Å². The molecule has 1 aromatic carbocycles. The predicted molar refractivity (Wildman–Crippen MR) is 94.3 cm³/mol. The van der Waals surface area contributed by atoms with Gasteiger partial charge in [-0.1, -0.05) is 26.0 Å². The topological polar surface area (TPSA) is 55.0 Å². The molecule has 24 heavy (non-hydrogen) atoms. The summed E-state index contributed by atoms with van der Waals surface area (Å²) in [5, 5.41) is 9.07. The zero-order valence-corrected chi connectivity index (χ0v) is 14.8. The van der Waals surface area contributed by atoms with E-state index in [2.05, 4.69) is 24.5 Å². The average Bonchev–Trinajstić information content (AvgIpc) is 2.85. The van der Waals surface area contributed by atoms with Crippen LogP contribution in [0.3, 0.4) is 0 Å². The molecule has 1 heterocycles. The summed E-state index contributed by atoms with van der Waals surface area (Å²) in [5.74, 6) is 1.00. The van der Waals surface area contributed by atoms with Crippen LogP contribution in [0.5, 0.6) is 5.75 Å². The molecule has 0 N–H and O–H groups in total. The molecule has 4 nitrogen and oxygen atoms in total. The summed E-state index contributed by atoms with van der Waals surface area (Å²) in [6, 6.07) is 10.9. The van der Waals surface area contributed by atoms with Gasteiger partial charge in [0.1, 0.15) is 11.8 Å². The van der Waals surface area contributed by atoms with Crippen molar-refractivity contribution in [2.45, 2.75) is 40.7 Å². The SMILES string of the molecule is Cc1cc(C(=O)COc2ccccc2C#N)c(C)n1CCC(C)C. The van der Waals surface area contributed by atoms with Crippen LogP contribution in [0.2, 0.25) is 0 Å². The number of carbonyl (C=O) groups excluding carboxylic acids is 1. The number of ether oxygens (including phenoxy) is 1. The van der Waals surface area contributed by atoms with E-state index in [1.807, 2.05) is 19.9 Å². The molecule has 0 saturated heterocycles. The molecule has 0 aliphatic heterocycles. The Kier molecular flexibility index (Phi) is 5.81. The summed E-state index contributed by atoms with van der Waals surface area (Å²) in [4.78, 5) is 12.5. The summed E-state index contributed by atoms with van der Waals surface area (Å²) in [6.07, 6.45) is 1.08. The Morgan fingerprint density at radius 2 is 2.00 bits per heavy atom. The number of aryl methyl sites for hydroxylation is 1. The van der Waals surface area contributed by atoms with Gasteiger partial charge in [-0.15, -0.1) is 0 Å². The van der Waals surface area contributed by atoms with Crippen LogP contribution in [0.4, 0.5) is 0 Å². The van der Waals surface area contributed by atoms with Crippen molar-refractivity contribution in [2.75, 3.05) is 6.61 Å². The predicted octanol–water partition coefficient (Wildman–Crippen LogP) is 4.28. The maximum Gasteiger partial charge on any atom is 0.202 e. The van der Waals surface area contributed by atoms with Crippen LogP contribution < -0.4 is 4.74 Å². The van der Waals surface area contributed by atoms with Gasteiger partial charge in [0.25, 0.3) is 0 Å². The molecular weight excluding hydrogens is 300 g/mol. The number of rotatable bonds is 7. The molecule has 2 aromatic rings. The Labute approximate surface area is 143 Å². The van der Waals surface area contributed by atoms with E-state index in [0.717, 1.165) is 24.4 Å². The molecule has 0 fully saturated rings. The highest BCUT2D eigenvalue weighted by Crippen LogP contribution is 2.20. The Hall–Kier alpha value is -2.54. The van der Waals surface area contributed by atoms with Crippen LogP contribution >= 0.6 is 0 Å². The fraction of sp³-hybridized carbons (Fsp3) is 0.400. The lowest BCUT2D eigenvalue weighted by Crippen LogP contribution is -2.13. The number of nitrogens with zero attached hydrogens (tertiary/aromatic N) is 2. The smallest absolute Gasteiger partial charge is 0.202 e. The molecule has 0 bridgehead atoms. The number of carbonyl (C=O) groups is 1. The van der Waals surface area contributed by atoms with Gasteiger partial charge in [-0.05, 0) is 44.4 Å². The first-order chi connectivity index (χ1) is 11.4. The standard InChI is InChI=1S/C20H24N2O2/c1-14(2)9-10-22-15(3)11-18(16(22)4)19(23)13-24-20-8-6-5-7-17(20)12-21/h5-8,11,14H,9-10,13H2,1-4H3. The summed E-state index contributed by atoms with van der Waals surface area (Å²) >= 11 is 0. The third-order valence-corrected chi connectivity index (χ3v) is 4.17. The lowest BCUT2D eigenvalue weighted by atomic mass is 10.1. The van der Waals surface area contributed by atoms with Gasteiger partial charge >= 0.3 is 0 Å². The van der Waals surface area contributed by atoms with Gasteiger partial charge in [0.2, 0.25) is 5.78 Å². The van der Waals surface area contributed by atoms with E-state index < -0.39 is 0 Å². The maximum atomic E-state index is 12.5. The van der Waals surface area contributed by atoms with Gasteiger partial charge in [-0.2, -0.15) is 5.26 Å². The van der Waals surface area contributed by atoms with Crippen LogP contribution in [0, 0.1) is 31.1 Å². The number of ketones is 1. The average molecular weight is 324 g/mol. The Morgan fingerprint density at radius 3 is 2.67 bits per heavy atom. The maximum absolute atomic E-state index is 12.5. The third kappa shape index (κ3) is 4.05. The van der Waals surface area contributed by atoms with E-state index in [9.17, 15) is 4.79 Å². The van der Waals surface area contributed by atoms with Crippen molar-refractivity contribution in [3.8, 4) is 11.8 Å². The van der Waals surface area contributed by atoms with Crippen LogP contribution in [-0.2, 0) is 6.54 Å². The first-order valence-electron chi connectivity index (χ1n) is 8.26. The highest BCUT2D eigenvalue weighted by Gasteiger charge is 2.17. The number of hydrogen-bond donors (Lipinski definition) is 0. The quantitative estimate of drug-likeness (QED) is 0.714. The van der Waals surface area contributed by atoms with Crippen molar-refractivity contribution in [1.29, 1.82) is 5.26 Å². The number of nitriles is 1. The lowest BCUT2D eigenvalue weighted by molar-refractivity contribution is 0.0920. The van der Waals surface area contributed by atoms with Crippen molar-refractivity contribution in [3.63, 3.8) is 0 Å². The monoisotopic (exact) mass is 324 g/mol. The minimum absolute atomic E-state index is 0.0623. The zero-order valence-electron chi connectivity index (χ0n) is 14.8. The lowest BCUT2D eigenvalue weighted by Gasteiger charge is -2.11. The summed E-state index contributed by atoms with van der Waals surface area (Å²) in [7, 11) is 0. The van der Waals surface area contributed by atoms with Crippen LogP contribution in [-0.4, -0.2) is 17.0 Å². The molecule has 0 unspecified atom stereocenters. The van der Waals surface area contributed by atoms with Crippen molar-refractivity contribution >= 4 is 5.78 Å². The van der Waals surface area contributed by atoms with Gasteiger partial charge in [0.05, 0.1) is 5.56 Å². The van der Waals surface area contributed by atoms with Crippen molar-refractivity contribution in [1.82, 2.24) is 4.57 Å². The molecule has 0 saturated carbocycles. The number of benzene rings is 1. The fourth-order valence-corrected chi connectivity index (χ4v) is 2.72. The molecule has 0 atom stereocenters. The molecule has 4 heteroatoms. The number of Topliss-reactive ketones (excluding diaryl/α,β-unsaturated/α-hetero) is 1. The van der Waals surface area contributed by atoms with Gasteiger partial charge in [-0.3, -0.25) is 4.79 Å². The molecule has 2 rings (SSSR count). The number of para-hydroxylation sites is 1. The molecule has 0 spiro atoms.